The zero-order valence-corrected chi connectivity index (χ0v) is 15.3. The summed E-state index contributed by atoms with van der Waals surface area (Å²) in [6, 6.07) is 11.8. The number of anilines is 1. The lowest BCUT2D eigenvalue weighted by atomic mass is 10.2. The van der Waals surface area contributed by atoms with Crippen molar-refractivity contribution in [3.8, 4) is 11.5 Å². The minimum absolute atomic E-state index is 0.193. The second kappa shape index (κ2) is 7.97. The molecular formula is C19H9BrF5NO2. The molecule has 0 aliphatic heterocycles. The number of benzene rings is 3. The molecular weight excluding hydrogens is 449 g/mol. The molecule has 0 saturated heterocycles. The molecule has 0 fully saturated rings. The Hall–Kier alpha value is -2.94. The molecule has 1 N–H and O–H groups in total. The van der Waals surface area contributed by atoms with Gasteiger partial charge in [-0.2, -0.15) is 8.78 Å². The van der Waals surface area contributed by atoms with Gasteiger partial charge < -0.3 is 10.1 Å². The number of hydrogen-bond donors (Lipinski definition) is 1. The number of rotatable bonds is 4. The van der Waals surface area contributed by atoms with Crippen LogP contribution in [0, 0.1) is 29.1 Å². The topological polar surface area (TPSA) is 38.3 Å². The summed E-state index contributed by atoms with van der Waals surface area (Å²) in [5, 5.41) is 2.60. The zero-order chi connectivity index (χ0) is 20.4. The van der Waals surface area contributed by atoms with Crippen molar-refractivity contribution in [2.75, 3.05) is 5.32 Å². The van der Waals surface area contributed by atoms with E-state index in [9.17, 15) is 26.7 Å². The van der Waals surface area contributed by atoms with E-state index >= 15 is 0 Å². The molecule has 0 bridgehead atoms. The summed E-state index contributed by atoms with van der Waals surface area (Å²) in [7, 11) is 0. The molecule has 0 unspecified atom stereocenters. The maximum absolute atomic E-state index is 13.7. The average Bonchev–Trinajstić information content (AvgIpc) is 2.69. The quantitative estimate of drug-likeness (QED) is 0.288. The van der Waals surface area contributed by atoms with Crippen LogP contribution in [0.4, 0.5) is 27.6 Å². The van der Waals surface area contributed by atoms with Crippen LogP contribution in [0.25, 0.3) is 0 Å². The highest BCUT2D eigenvalue weighted by Gasteiger charge is 2.27. The Morgan fingerprint density at radius 2 is 1.32 bits per heavy atom. The zero-order valence-electron chi connectivity index (χ0n) is 13.7. The molecule has 0 aliphatic carbocycles. The first-order valence-corrected chi connectivity index (χ1v) is 8.44. The molecule has 3 aromatic rings. The average molecular weight is 458 g/mol. The highest BCUT2D eigenvalue weighted by Crippen LogP contribution is 2.33. The van der Waals surface area contributed by atoms with Gasteiger partial charge in [0.2, 0.25) is 34.8 Å². The molecule has 0 heterocycles. The molecule has 0 aromatic heterocycles. The molecule has 0 atom stereocenters. The van der Waals surface area contributed by atoms with E-state index in [0.717, 1.165) is 0 Å². The smallest absolute Gasteiger partial charge is 0.256 e. The van der Waals surface area contributed by atoms with Crippen LogP contribution in [0.5, 0.6) is 11.5 Å². The Bertz CT molecular complexity index is 1030. The van der Waals surface area contributed by atoms with Crippen LogP contribution in [0.15, 0.2) is 53.0 Å². The molecule has 3 rings (SSSR count). The predicted molar refractivity (Wildman–Crippen MR) is 94.8 cm³/mol. The van der Waals surface area contributed by atoms with Crippen molar-refractivity contribution in [2.45, 2.75) is 0 Å². The third-order valence-corrected chi connectivity index (χ3v) is 4.31. The first-order valence-electron chi connectivity index (χ1n) is 7.64. The monoisotopic (exact) mass is 457 g/mol. The summed E-state index contributed by atoms with van der Waals surface area (Å²) >= 11 is 3.25. The Kier molecular flexibility index (Phi) is 5.64. The van der Waals surface area contributed by atoms with Crippen LogP contribution >= 0.6 is 15.9 Å². The number of amides is 1. The van der Waals surface area contributed by atoms with E-state index in [1.165, 1.54) is 24.3 Å². The lowest BCUT2D eigenvalue weighted by Crippen LogP contribution is -2.12. The summed E-state index contributed by atoms with van der Waals surface area (Å²) in [6.45, 7) is 0. The van der Waals surface area contributed by atoms with Crippen molar-refractivity contribution in [3.05, 3.63) is 87.7 Å². The molecule has 28 heavy (non-hydrogen) atoms. The Balaban J connectivity index is 1.79. The van der Waals surface area contributed by atoms with Gasteiger partial charge in [-0.1, -0.05) is 12.1 Å². The van der Waals surface area contributed by atoms with Gasteiger partial charge in [0.05, 0.1) is 5.56 Å². The Morgan fingerprint density at radius 3 is 1.89 bits per heavy atom. The van der Waals surface area contributed by atoms with Crippen LogP contribution in [-0.4, -0.2) is 5.91 Å². The first kappa shape index (κ1) is 19.8. The van der Waals surface area contributed by atoms with E-state index < -0.39 is 40.7 Å². The van der Waals surface area contributed by atoms with Crippen molar-refractivity contribution < 1.29 is 31.5 Å². The number of nitrogens with one attached hydrogen (secondary N) is 1. The molecule has 0 saturated carbocycles. The van der Waals surface area contributed by atoms with Gasteiger partial charge in [-0.05, 0) is 52.3 Å². The highest BCUT2D eigenvalue weighted by molar-refractivity contribution is 9.10. The molecule has 0 spiro atoms. The molecule has 144 valence electrons. The summed E-state index contributed by atoms with van der Waals surface area (Å²) in [4.78, 5) is 12.2. The summed E-state index contributed by atoms with van der Waals surface area (Å²) < 4.78 is 72.2. The van der Waals surface area contributed by atoms with Crippen molar-refractivity contribution >= 4 is 27.5 Å². The van der Waals surface area contributed by atoms with Gasteiger partial charge >= 0.3 is 0 Å². The summed E-state index contributed by atoms with van der Waals surface area (Å²) in [6.07, 6.45) is 0. The molecule has 1 amide bonds. The van der Waals surface area contributed by atoms with Gasteiger partial charge in [-0.3, -0.25) is 4.79 Å². The minimum Gasteiger partial charge on any atom is -0.451 e. The molecule has 0 aliphatic rings. The second-order valence-electron chi connectivity index (χ2n) is 5.46. The normalized spacial score (nSPS) is 10.6. The maximum atomic E-state index is 13.7. The van der Waals surface area contributed by atoms with E-state index in [1.807, 2.05) is 0 Å². The number of carbonyl (C=O) groups is 1. The van der Waals surface area contributed by atoms with Gasteiger partial charge in [-0.15, -0.1) is 0 Å². The van der Waals surface area contributed by atoms with Crippen LogP contribution in [0.3, 0.4) is 0 Å². The van der Waals surface area contributed by atoms with Crippen molar-refractivity contribution in [2.24, 2.45) is 0 Å². The summed E-state index contributed by atoms with van der Waals surface area (Å²) in [5.41, 5.74) is 0.703. The standard InChI is InChI=1S/C19H9BrF5NO2/c20-12-4-2-1-3-11(12)19(27)26-9-5-7-10(8-6-9)28-18-16(24)14(22)13(21)15(23)17(18)25/h1-8H,(H,26,27). The lowest BCUT2D eigenvalue weighted by molar-refractivity contribution is 0.102. The number of hydrogen-bond acceptors (Lipinski definition) is 2. The fourth-order valence-electron chi connectivity index (χ4n) is 2.24. The Morgan fingerprint density at radius 1 is 0.786 bits per heavy atom. The van der Waals surface area contributed by atoms with Crippen molar-refractivity contribution in [3.63, 3.8) is 0 Å². The van der Waals surface area contributed by atoms with Crippen LogP contribution in [-0.2, 0) is 0 Å². The van der Waals surface area contributed by atoms with Crippen molar-refractivity contribution in [1.82, 2.24) is 0 Å². The maximum Gasteiger partial charge on any atom is 0.256 e. The predicted octanol–water partition coefficient (Wildman–Crippen LogP) is 6.19. The lowest BCUT2D eigenvalue weighted by Gasteiger charge is -2.11. The highest BCUT2D eigenvalue weighted by atomic mass is 79.9. The number of halogens is 6. The van der Waals surface area contributed by atoms with Gasteiger partial charge in [-0.25, -0.2) is 13.2 Å². The van der Waals surface area contributed by atoms with Gasteiger partial charge in [0.1, 0.15) is 5.75 Å². The fraction of sp³-hybridized carbons (Fsp3) is 0. The van der Waals surface area contributed by atoms with E-state index in [1.54, 1.807) is 24.3 Å². The Labute approximate surface area is 163 Å². The van der Waals surface area contributed by atoms with Gasteiger partial charge in [0, 0.05) is 10.2 Å². The molecule has 3 nitrogen and oxygen atoms in total. The first-order chi connectivity index (χ1) is 13.3. The van der Waals surface area contributed by atoms with Gasteiger partial charge in [0.25, 0.3) is 5.91 Å². The largest absolute Gasteiger partial charge is 0.451 e. The number of ether oxygens (including phenoxy) is 1. The van der Waals surface area contributed by atoms with E-state index in [4.69, 9.17) is 4.74 Å². The van der Waals surface area contributed by atoms with Crippen LogP contribution in [0.2, 0.25) is 0 Å². The van der Waals surface area contributed by atoms with E-state index in [0.29, 0.717) is 15.7 Å². The SMILES string of the molecule is O=C(Nc1ccc(Oc2c(F)c(F)c(F)c(F)c2F)cc1)c1ccccc1Br. The molecule has 0 radical (unpaired) electrons. The van der Waals surface area contributed by atoms with Crippen molar-refractivity contribution in [1.29, 1.82) is 0 Å². The van der Waals surface area contributed by atoms with E-state index in [2.05, 4.69) is 21.2 Å². The summed E-state index contributed by atoms with van der Waals surface area (Å²) in [5.74, 6) is -12.7. The van der Waals surface area contributed by atoms with Gasteiger partial charge in [0.15, 0.2) is 0 Å². The third-order valence-electron chi connectivity index (χ3n) is 3.62. The minimum atomic E-state index is -2.27. The van der Waals surface area contributed by atoms with E-state index in [-0.39, 0.29) is 5.75 Å². The van der Waals surface area contributed by atoms with Crippen LogP contribution < -0.4 is 10.1 Å². The molecule has 9 heteroatoms. The van der Waals surface area contributed by atoms with Crippen LogP contribution in [0.1, 0.15) is 10.4 Å². The molecule has 3 aromatic carbocycles. The number of carbonyl (C=O) groups excluding carboxylic acids is 1. The fourth-order valence-corrected chi connectivity index (χ4v) is 2.71. The second-order valence-corrected chi connectivity index (χ2v) is 6.31. The third kappa shape index (κ3) is 3.84.